The Kier molecular flexibility index (Phi) is 5.38. The van der Waals surface area contributed by atoms with Gasteiger partial charge in [-0.05, 0) is 71.8 Å². The van der Waals surface area contributed by atoms with E-state index in [1.54, 1.807) is 34.0 Å². The topological polar surface area (TPSA) is 104 Å². The largest absolute Gasteiger partial charge is 0.509 e. The van der Waals surface area contributed by atoms with Gasteiger partial charge in [-0.1, -0.05) is 6.07 Å². The summed E-state index contributed by atoms with van der Waals surface area (Å²) in [4.78, 5) is 27.1. The van der Waals surface area contributed by atoms with Crippen molar-refractivity contribution in [2.45, 2.75) is 81.8 Å². The van der Waals surface area contributed by atoms with Crippen LogP contribution in [0.15, 0.2) is 24.0 Å². The maximum absolute atomic E-state index is 12.9. The lowest BCUT2D eigenvalue weighted by atomic mass is 9.50. The highest BCUT2D eigenvalue weighted by atomic mass is 16.7. The van der Waals surface area contributed by atoms with Gasteiger partial charge in [-0.25, -0.2) is 9.59 Å². The number of hydrogen-bond donors (Lipinski definition) is 1. The summed E-state index contributed by atoms with van der Waals surface area (Å²) in [5.74, 6) is 0.752. The van der Waals surface area contributed by atoms with Crippen molar-refractivity contribution in [2.75, 3.05) is 20.7 Å². The average molecular weight is 488 g/mol. The van der Waals surface area contributed by atoms with E-state index in [9.17, 15) is 14.7 Å². The summed E-state index contributed by atoms with van der Waals surface area (Å²) in [5, 5.41) is 12.2. The molecule has 0 saturated carbocycles. The van der Waals surface area contributed by atoms with Crippen LogP contribution >= 0.6 is 0 Å². The molecule has 2 heterocycles. The van der Waals surface area contributed by atoms with Gasteiger partial charge in [0.2, 0.25) is 0 Å². The summed E-state index contributed by atoms with van der Waals surface area (Å²) in [7, 11) is 3.62. The van der Waals surface area contributed by atoms with Gasteiger partial charge in [0.15, 0.2) is 23.7 Å². The monoisotopic (exact) mass is 487 g/mol. The number of rotatable bonds is 4. The molecule has 1 spiro atoms. The van der Waals surface area contributed by atoms with Crippen LogP contribution < -0.4 is 9.47 Å². The lowest BCUT2D eigenvalue weighted by Crippen LogP contribution is -2.74. The van der Waals surface area contributed by atoms with Gasteiger partial charge in [-0.2, -0.15) is 0 Å². The molecule has 5 rings (SSSR count). The molecule has 1 saturated heterocycles. The highest BCUT2D eigenvalue weighted by Gasteiger charge is 2.72. The number of esters is 1. The van der Waals surface area contributed by atoms with Crippen molar-refractivity contribution in [1.29, 1.82) is 0 Å². The van der Waals surface area contributed by atoms with Crippen LogP contribution in [0.4, 0.5) is 4.79 Å². The summed E-state index contributed by atoms with van der Waals surface area (Å²) in [6.45, 7) is 7.33. The normalized spacial score (nSPS) is 31.5. The molecule has 1 aromatic carbocycles. The third kappa shape index (κ3) is 3.42. The van der Waals surface area contributed by atoms with Crippen molar-refractivity contribution in [1.82, 2.24) is 4.90 Å². The maximum Gasteiger partial charge on any atom is 0.509 e. The minimum absolute atomic E-state index is 0.0999. The van der Waals surface area contributed by atoms with E-state index in [2.05, 4.69) is 4.90 Å². The van der Waals surface area contributed by atoms with E-state index in [0.29, 0.717) is 36.5 Å². The number of likely N-dealkylation sites (tertiary alicyclic amines) is 1. The summed E-state index contributed by atoms with van der Waals surface area (Å²) in [6, 6.07) is 3.82. The van der Waals surface area contributed by atoms with Crippen LogP contribution in [0.25, 0.3) is 0 Å². The SMILES string of the molecule is COc1ccc2c3c1O[C@H]1C(OC(=O)[C@H](C)OC(=O)OC(C)(C)C)=CC[C@]4(O)C(C2)N(C)CC[C@]314. The lowest BCUT2D eigenvalue weighted by molar-refractivity contribution is -0.172. The first-order chi connectivity index (χ1) is 16.4. The van der Waals surface area contributed by atoms with E-state index in [1.165, 1.54) is 6.92 Å². The number of ether oxygens (including phenoxy) is 5. The van der Waals surface area contributed by atoms with Crippen molar-refractivity contribution < 1.29 is 38.4 Å². The van der Waals surface area contributed by atoms with Crippen LogP contribution in [0, 0.1) is 0 Å². The molecule has 0 radical (unpaired) electrons. The van der Waals surface area contributed by atoms with Gasteiger partial charge in [0.25, 0.3) is 0 Å². The van der Waals surface area contributed by atoms with E-state index < -0.39 is 40.9 Å². The molecule has 190 valence electrons. The Labute approximate surface area is 204 Å². The Morgan fingerprint density at radius 3 is 2.71 bits per heavy atom. The maximum atomic E-state index is 12.9. The molecule has 1 fully saturated rings. The van der Waals surface area contributed by atoms with Crippen molar-refractivity contribution in [2.24, 2.45) is 0 Å². The number of aliphatic hydroxyl groups is 1. The van der Waals surface area contributed by atoms with Crippen LogP contribution in [0.3, 0.4) is 0 Å². The number of piperidine rings is 1. The van der Waals surface area contributed by atoms with Crippen molar-refractivity contribution >= 4 is 12.1 Å². The van der Waals surface area contributed by atoms with E-state index in [0.717, 1.165) is 17.7 Å². The van der Waals surface area contributed by atoms with Gasteiger partial charge in [0.05, 0.1) is 18.1 Å². The average Bonchev–Trinajstić information content (AvgIpc) is 3.12. The minimum Gasteiger partial charge on any atom is -0.493 e. The Hall–Kier alpha value is -2.78. The molecular weight excluding hydrogens is 454 g/mol. The first-order valence-corrected chi connectivity index (χ1v) is 12.0. The fourth-order valence-corrected chi connectivity index (χ4v) is 6.25. The van der Waals surface area contributed by atoms with Crippen molar-refractivity contribution in [3.8, 4) is 11.5 Å². The zero-order chi connectivity index (χ0) is 25.3. The smallest absolute Gasteiger partial charge is 0.493 e. The quantitative estimate of drug-likeness (QED) is 0.642. The zero-order valence-corrected chi connectivity index (χ0v) is 21.0. The minimum atomic E-state index is -1.19. The van der Waals surface area contributed by atoms with Gasteiger partial charge in [-0.15, -0.1) is 0 Å². The molecule has 9 heteroatoms. The number of likely N-dealkylation sites (N-methyl/N-ethyl adjacent to an activating group) is 1. The second-order valence-electron chi connectivity index (χ2n) is 10.9. The fraction of sp³-hybridized carbons (Fsp3) is 0.615. The number of carbonyl (C=O) groups is 2. The van der Waals surface area contributed by atoms with Crippen LogP contribution in [0.1, 0.15) is 51.7 Å². The molecule has 1 N–H and O–H groups in total. The van der Waals surface area contributed by atoms with Gasteiger partial charge >= 0.3 is 12.1 Å². The summed E-state index contributed by atoms with van der Waals surface area (Å²) in [5.41, 5.74) is -0.556. The van der Waals surface area contributed by atoms with Gasteiger partial charge in [-0.3, -0.25) is 0 Å². The Balaban J connectivity index is 1.47. The number of hydrogen-bond acceptors (Lipinski definition) is 9. The standard InChI is InChI=1S/C26H33NO8/c1-14(32-23(29)35-24(2,3)4)22(28)33-17-9-10-26(30)18-13-15-7-8-16(31-6)20-19(15)25(26,21(17)34-20)11-12-27(18)5/h7-9,14,18,21,30H,10-13H2,1-6H3/t14-,18?,21-,25-,26-/m0/s1. The van der Waals surface area contributed by atoms with Gasteiger partial charge in [0, 0.05) is 18.0 Å². The Bertz CT molecular complexity index is 1110. The molecular formula is C26H33NO8. The Morgan fingerprint density at radius 2 is 2.03 bits per heavy atom. The van der Waals surface area contributed by atoms with E-state index in [1.807, 2.05) is 19.2 Å². The molecule has 2 bridgehead atoms. The third-order valence-corrected chi connectivity index (χ3v) is 7.77. The molecule has 0 aromatic heterocycles. The molecule has 1 aromatic rings. The molecule has 0 amide bonds. The van der Waals surface area contributed by atoms with Crippen LogP contribution in [-0.2, 0) is 30.8 Å². The van der Waals surface area contributed by atoms with E-state index in [4.69, 9.17) is 23.7 Å². The molecule has 4 aliphatic rings. The van der Waals surface area contributed by atoms with Gasteiger partial charge < -0.3 is 33.7 Å². The summed E-state index contributed by atoms with van der Waals surface area (Å²) in [6.07, 6.45) is 0.527. The predicted molar refractivity (Wildman–Crippen MR) is 124 cm³/mol. The Morgan fingerprint density at radius 1 is 1.29 bits per heavy atom. The van der Waals surface area contributed by atoms with E-state index >= 15 is 0 Å². The van der Waals surface area contributed by atoms with E-state index in [-0.39, 0.29) is 6.04 Å². The molecule has 2 aliphatic heterocycles. The summed E-state index contributed by atoms with van der Waals surface area (Å²) >= 11 is 0. The van der Waals surface area contributed by atoms with Crippen LogP contribution in [0.2, 0.25) is 0 Å². The first kappa shape index (κ1) is 23.9. The third-order valence-electron chi connectivity index (χ3n) is 7.77. The number of carbonyl (C=O) groups excluding carboxylic acids is 2. The van der Waals surface area contributed by atoms with Crippen LogP contribution in [0.5, 0.6) is 11.5 Å². The molecule has 9 nitrogen and oxygen atoms in total. The second kappa shape index (κ2) is 7.86. The molecule has 5 atom stereocenters. The van der Waals surface area contributed by atoms with Crippen LogP contribution in [-0.4, -0.2) is 72.3 Å². The summed E-state index contributed by atoms with van der Waals surface area (Å²) < 4.78 is 28.1. The highest BCUT2D eigenvalue weighted by Crippen LogP contribution is 2.65. The highest BCUT2D eigenvalue weighted by molar-refractivity contribution is 5.78. The van der Waals surface area contributed by atoms with Crippen molar-refractivity contribution in [3.63, 3.8) is 0 Å². The molecule has 35 heavy (non-hydrogen) atoms. The number of benzene rings is 1. The molecule has 2 aliphatic carbocycles. The van der Waals surface area contributed by atoms with Crippen molar-refractivity contribution in [3.05, 3.63) is 35.1 Å². The number of methoxy groups -OCH3 is 1. The molecule has 1 unspecified atom stereocenters. The fourth-order valence-electron chi connectivity index (χ4n) is 6.25. The predicted octanol–water partition coefficient (Wildman–Crippen LogP) is 2.86. The van der Waals surface area contributed by atoms with Gasteiger partial charge in [0.1, 0.15) is 11.4 Å². The second-order valence-corrected chi connectivity index (χ2v) is 10.9. The number of nitrogens with zero attached hydrogens (tertiary/aromatic N) is 1. The lowest BCUT2D eigenvalue weighted by Gasteiger charge is -2.61. The first-order valence-electron chi connectivity index (χ1n) is 12.0. The zero-order valence-electron chi connectivity index (χ0n) is 21.0.